The van der Waals surface area contributed by atoms with E-state index in [1.807, 2.05) is 10.9 Å². The van der Waals surface area contributed by atoms with Crippen LogP contribution in [0.3, 0.4) is 0 Å². The van der Waals surface area contributed by atoms with Crippen molar-refractivity contribution in [3.8, 4) is 0 Å². The van der Waals surface area contributed by atoms with Crippen molar-refractivity contribution in [1.29, 1.82) is 0 Å². The Morgan fingerprint density at radius 3 is 2.59 bits per heavy atom. The van der Waals surface area contributed by atoms with E-state index in [0.717, 1.165) is 46.7 Å². The highest BCUT2D eigenvalue weighted by atomic mass is 16.7. The lowest BCUT2D eigenvalue weighted by molar-refractivity contribution is -0.137. The van der Waals surface area contributed by atoms with Gasteiger partial charge in [0, 0.05) is 43.6 Å². The number of nitrogens with one attached hydrogen (secondary N) is 1. The molecule has 2 aromatic rings. The number of nitrogens with zero attached hydrogens (tertiary/aromatic N) is 4. The van der Waals surface area contributed by atoms with Gasteiger partial charge in [-0.3, -0.25) is 0 Å². The summed E-state index contributed by atoms with van der Waals surface area (Å²) in [6, 6.07) is 0.477. The molecule has 0 bridgehead atoms. The summed E-state index contributed by atoms with van der Waals surface area (Å²) in [6.07, 6.45) is 8.16. The van der Waals surface area contributed by atoms with Gasteiger partial charge in [-0.05, 0) is 26.7 Å². The van der Waals surface area contributed by atoms with Crippen molar-refractivity contribution >= 4 is 28.6 Å². The molecule has 2 fully saturated rings. The van der Waals surface area contributed by atoms with Crippen LogP contribution in [0, 0.1) is 6.92 Å². The minimum absolute atomic E-state index is 0.264. The Morgan fingerprint density at radius 2 is 1.97 bits per heavy atom. The predicted octanol–water partition coefficient (Wildman–Crippen LogP) is 3.74. The fourth-order valence-electron chi connectivity index (χ4n) is 5.04. The fourth-order valence-corrected chi connectivity index (χ4v) is 5.04. The smallest absolute Gasteiger partial charge is 0.450 e. The number of oxime groups is 1. The number of carbonyl (C=O) groups is 1. The van der Waals surface area contributed by atoms with Crippen molar-refractivity contribution < 1.29 is 25.0 Å². The number of hydrogen-bond donors (Lipinski definition) is 4. The van der Waals surface area contributed by atoms with E-state index in [0.29, 0.717) is 18.9 Å². The molecule has 2 saturated carbocycles. The Labute approximate surface area is 186 Å². The summed E-state index contributed by atoms with van der Waals surface area (Å²) in [4.78, 5) is 19.1. The average Bonchev–Trinajstić information content (AvgIpc) is 3.30. The maximum atomic E-state index is 9.74. The zero-order valence-electron chi connectivity index (χ0n) is 18.5. The van der Waals surface area contributed by atoms with Gasteiger partial charge in [0.25, 0.3) is 0 Å². The average molecular weight is 446 g/mol. The van der Waals surface area contributed by atoms with E-state index in [9.17, 15) is 5.11 Å². The molecule has 0 radical (unpaired) electrons. The summed E-state index contributed by atoms with van der Waals surface area (Å²) >= 11 is 0. The molecule has 0 atom stereocenters. The summed E-state index contributed by atoms with van der Waals surface area (Å²) in [7, 11) is 0. The van der Waals surface area contributed by atoms with Crippen LogP contribution in [0.4, 0.5) is 10.5 Å². The SMILES string of the molecule is CCn1nc(C)c2c(NC3CCCCC3)c(C3=NOC4(C3)CC(O)C4)cnc21.O=C(O)O. The van der Waals surface area contributed by atoms with E-state index in [2.05, 4.69) is 24.3 Å². The number of aliphatic hydroxyl groups is 1. The van der Waals surface area contributed by atoms with E-state index >= 15 is 0 Å². The molecular weight excluding hydrogens is 414 g/mol. The number of pyridine rings is 1. The van der Waals surface area contributed by atoms with Crippen LogP contribution in [-0.2, 0) is 11.4 Å². The minimum atomic E-state index is -1.83. The van der Waals surface area contributed by atoms with Crippen LogP contribution in [0.15, 0.2) is 11.4 Å². The van der Waals surface area contributed by atoms with E-state index < -0.39 is 6.16 Å². The largest absolute Gasteiger partial charge is 0.503 e. The van der Waals surface area contributed by atoms with Crippen LogP contribution in [0.1, 0.15) is 69.5 Å². The minimum Gasteiger partial charge on any atom is -0.450 e. The lowest BCUT2D eigenvalue weighted by atomic mass is 9.74. The van der Waals surface area contributed by atoms with E-state index in [1.165, 1.54) is 32.1 Å². The molecule has 1 spiro atoms. The fraction of sp³-hybridized carbons (Fsp3) is 0.636. The number of aliphatic hydroxyl groups excluding tert-OH is 1. The number of rotatable bonds is 4. The summed E-state index contributed by atoms with van der Waals surface area (Å²) in [5.74, 6) is 0. The van der Waals surface area contributed by atoms with Crippen molar-refractivity contribution in [3.63, 3.8) is 0 Å². The molecule has 2 aliphatic carbocycles. The third-order valence-electron chi connectivity index (χ3n) is 6.55. The Kier molecular flexibility index (Phi) is 6.23. The molecule has 0 unspecified atom stereocenters. The summed E-state index contributed by atoms with van der Waals surface area (Å²) < 4.78 is 1.97. The highest BCUT2D eigenvalue weighted by Gasteiger charge is 2.50. The maximum absolute atomic E-state index is 9.74. The lowest BCUT2D eigenvalue weighted by Gasteiger charge is -2.39. The van der Waals surface area contributed by atoms with Crippen molar-refractivity contribution in [3.05, 3.63) is 17.5 Å². The van der Waals surface area contributed by atoms with Gasteiger partial charge in [-0.1, -0.05) is 24.4 Å². The Morgan fingerprint density at radius 1 is 1.28 bits per heavy atom. The monoisotopic (exact) mass is 445 g/mol. The first-order valence-corrected chi connectivity index (χ1v) is 11.3. The molecule has 3 aliphatic rings. The molecule has 174 valence electrons. The summed E-state index contributed by atoms with van der Waals surface area (Å²) in [6.45, 7) is 4.95. The van der Waals surface area contributed by atoms with Crippen LogP contribution in [0.2, 0.25) is 0 Å². The van der Waals surface area contributed by atoms with E-state index in [-0.39, 0.29) is 11.7 Å². The molecule has 0 amide bonds. The van der Waals surface area contributed by atoms with Gasteiger partial charge < -0.3 is 25.5 Å². The normalized spacial score (nSPS) is 25.0. The van der Waals surface area contributed by atoms with Gasteiger partial charge >= 0.3 is 6.16 Å². The van der Waals surface area contributed by atoms with Gasteiger partial charge in [0.15, 0.2) is 5.65 Å². The van der Waals surface area contributed by atoms with Gasteiger partial charge in [0.1, 0.15) is 5.60 Å². The highest BCUT2D eigenvalue weighted by Crippen LogP contribution is 2.45. The molecule has 0 aromatic carbocycles. The molecule has 4 N–H and O–H groups in total. The van der Waals surface area contributed by atoms with E-state index in [1.54, 1.807) is 0 Å². The Bertz CT molecular complexity index is 1020. The molecular formula is C22H31N5O5. The predicted molar refractivity (Wildman–Crippen MR) is 119 cm³/mol. The first kappa shape index (κ1) is 22.3. The molecule has 0 saturated heterocycles. The summed E-state index contributed by atoms with van der Waals surface area (Å²) in [5, 5.41) is 37.8. The zero-order chi connectivity index (χ0) is 22.9. The number of aromatic nitrogens is 3. The van der Waals surface area contributed by atoms with Crippen LogP contribution in [0.25, 0.3) is 11.0 Å². The number of aryl methyl sites for hydroxylation is 2. The van der Waals surface area contributed by atoms with Gasteiger partial charge in [-0.15, -0.1) is 0 Å². The quantitative estimate of drug-likeness (QED) is 0.557. The molecule has 10 heteroatoms. The number of anilines is 1. The molecule has 10 nitrogen and oxygen atoms in total. The van der Waals surface area contributed by atoms with Crippen LogP contribution in [-0.4, -0.2) is 59.7 Å². The van der Waals surface area contributed by atoms with Gasteiger partial charge in [-0.2, -0.15) is 5.10 Å². The highest BCUT2D eigenvalue weighted by molar-refractivity contribution is 6.11. The number of fused-ring (bicyclic) bond motifs is 1. The number of hydrogen-bond acceptors (Lipinski definition) is 7. The molecule has 5 rings (SSSR count). The zero-order valence-corrected chi connectivity index (χ0v) is 18.5. The van der Waals surface area contributed by atoms with Crippen molar-refractivity contribution in [2.24, 2.45) is 5.16 Å². The summed E-state index contributed by atoms with van der Waals surface area (Å²) in [5.41, 5.74) is 4.67. The molecule has 1 aliphatic heterocycles. The van der Waals surface area contributed by atoms with Gasteiger partial charge in [0.05, 0.1) is 28.6 Å². The first-order chi connectivity index (χ1) is 15.3. The third-order valence-corrected chi connectivity index (χ3v) is 6.55. The number of carboxylic acid groups (broad SMARTS) is 2. The Hall–Kier alpha value is -2.88. The second-order valence-electron chi connectivity index (χ2n) is 8.96. The maximum Gasteiger partial charge on any atom is 0.503 e. The second kappa shape index (κ2) is 8.93. The first-order valence-electron chi connectivity index (χ1n) is 11.3. The van der Waals surface area contributed by atoms with Crippen LogP contribution >= 0.6 is 0 Å². The van der Waals surface area contributed by atoms with Crippen molar-refractivity contribution in [1.82, 2.24) is 14.8 Å². The molecule has 32 heavy (non-hydrogen) atoms. The van der Waals surface area contributed by atoms with Crippen molar-refractivity contribution in [2.45, 2.75) is 89.5 Å². The molecule has 3 heterocycles. The standard InChI is InChI=1S/C21H29N5O2.CH2O3/c1-3-26-20-18(13(2)24-26)19(23-14-7-5-4-6-8-14)16(12-22-20)17-11-21(28-25-17)9-15(27)10-21;2-1(3)4/h12,14-15,27H,3-11H2,1-2H3,(H,22,23);(H2,2,3,4). The lowest BCUT2D eigenvalue weighted by Crippen LogP contribution is -2.47. The van der Waals surface area contributed by atoms with E-state index in [4.69, 9.17) is 29.9 Å². The topological polar surface area (TPSA) is 142 Å². The second-order valence-corrected chi connectivity index (χ2v) is 8.96. The Balaban J connectivity index is 0.000000567. The van der Waals surface area contributed by atoms with Crippen LogP contribution in [0.5, 0.6) is 0 Å². The molecule has 2 aromatic heterocycles. The van der Waals surface area contributed by atoms with Crippen LogP contribution < -0.4 is 5.32 Å². The third kappa shape index (κ3) is 4.36. The van der Waals surface area contributed by atoms with Gasteiger partial charge in [0.2, 0.25) is 0 Å². The van der Waals surface area contributed by atoms with Crippen molar-refractivity contribution in [2.75, 3.05) is 5.32 Å². The van der Waals surface area contributed by atoms with Gasteiger partial charge in [-0.25, -0.2) is 14.5 Å².